The summed E-state index contributed by atoms with van der Waals surface area (Å²) >= 11 is 6.56. The minimum Gasteiger partial charge on any atom is -0.456 e. The van der Waals surface area contributed by atoms with Crippen molar-refractivity contribution in [2.24, 2.45) is 0 Å². The molecule has 2 aromatic heterocycles. The Morgan fingerprint density at radius 3 is 2.64 bits per heavy atom. The largest absolute Gasteiger partial charge is 0.456 e. The molecule has 10 heteroatoms. The minimum absolute atomic E-state index is 0.245. The fourth-order valence-electron chi connectivity index (χ4n) is 4.88. The standard InChI is InChI=1S/C23H24ClN3O5S/c24-15-9-16-22(27-23(25-16)32-18-11-31-20-17(28)10-30-21(18)20)26-19(15)14-3-1-12(2-4-14)13-5-7-33(29)8-6-13/h1-4,9,13,17-18,20-21,28H,5-8,10-11H2,(H,25,26,27). The van der Waals surface area contributed by atoms with E-state index in [0.717, 1.165) is 29.9 Å². The lowest BCUT2D eigenvalue weighted by Crippen LogP contribution is -2.34. The van der Waals surface area contributed by atoms with E-state index in [9.17, 15) is 9.32 Å². The van der Waals surface area contributed by atoms with E-state index in [0.29, 0.717) is 40.4 Å². The first-order valence-corrected chi connectivity index (χ1v) is 13.0. The zero-order valence-electron chi connectivity index (χ0n) is 17.8. The number of aliphatic hydroxyl groups excluding tert-OH is 1. The highest BCUT2D eigenvalue weighted by molar-refractivity contribution is 7.85. The Kier molecular flexibility index (Phi) is 5.62. The number of aromatic nitrogens is 3. The summed E-state index contributed by atoms with van der Waals surface area (Å²) in [6.45, 7) is 0.570. The summed E-state index contributed by atoms with van der Waals surface area (Å²) in [4.78, 5) is 12.3. The molecule has 33 heavy (non-hydrogen) atoms. The smallest absolute Gasteiger partial charge is 0.296 e. The summed E-state index contributed by atoms with van der Waals surface area (Å²) < 4.78 is 28.8. The van der Waals surface area contributed by atoms with Crippen LogP contribution in [0, 0.1) is 0 Å². The van der Waals surface area contributed by atoms with Crippen molar-refractivity contribution >= 4 is 33.6 Å². The maximum absolute atomic E-state index is 11.6. The van der Waals surface area contributed by atoms with Crippen molar-refractivity contribution < 1.29 is 23.5 Å². The molecule has 3 aliphatic rings. The van der Waals surface area contributed by atoms with Gasteiger partial charge >= 0.3 is 0 Å². The van der Waals surface area contributed by atoms with Crippen molar-refractivity contribution in [2.75, 3.05) is 24.7 Å². The third-order valence-electron chi connectivity index (χ3n) is 6.69. The quantitative estimate of drug-likeness (QED) is 0.580. The Balaban J connectivity index is 1.22. The average molecular weight is 490 g/mol. The molecule has 5 heterocycles. The van der Waals surface area contributed by atoms with Crippen molar-refractivity contribution in [1.82, 2.24) is 15.0 Å². The predicted octanol–water partition coefficient (Wildman–Crippen LogP) is 2.81. The second-order valence-electron chi connectivity index (χ2n) is 8.80. The molecular weight excluding hydrogens is 466 g/mol. The van der Waals surface area contributed by atoms with Gasteiger partial charge in [0, 0.05) is 27.9 Å². The third kappa shape index (κ3) is 4.06. The van der Waals surface area contributed by atoms with Gasteiger partial charge < -0.3 is 24.3 Å². The van der Waals surface area contributed by atoms with Crippen LogP contribution in [0.3, 0.4) is 0 Å². The molecule has 0 radical (unpaired) electrons. The maximum atomic E-state index is 11.6. The number of H-pyrrole nitrogens is 1. The van der Waals surface area contributed by atoms with E-state index >= 15 is 0 Å². The van der Waals surface area contributed by atoms with E-state index in [4.69, 9.17) is 25.8 Å². The molecule has 8 nitrogen and oxygen atoms in total. The molecule has 6 rings (SSSR count). The molecule has 1 aromatic carbocycles. The van der Waals surface area contributed by atoms with Gasteiger partial charge in [0.2, 0.25) is 0 Å². The van der Waals surface area contributed by atoms with Crippen LogP contribution in [0.2, 0.25) is 5.02 Å². The lowest BCUT2D eigenvalue weighted by molar-refractivity contribution is 0.00706. The first-order valence-electron chi connectivity index (χ1n) is 11.1. The second kappa shape index (κ2) is 8.63. The summed E-state index contributed by atoms with van der Waals surface area (Å²) in [5.74, 6) is 2.01. The second-order valence-corrected chi connectivity index (χ2v) is 10.9. The van der Waals surface area contributed by atoms with Crippen LogP contribution < -0.4 is 4.74 Å². The summed E-state index contributed by atoms with van der Waals surface area (Å²) in [7, 11) is -0.661. The molecule has 4 atom stereocenters. The molecule has 3 saturated heterocycles. The Labute approximate surface area is 198 Å². The number of hydrogen-bond donors (Lipinski definition) is 2. The van der Waals surface area contributed by atoms with Gasteiger partial charge in [-0.3, -0.25) is 4.21 Å². The van der Waals surface area contributed by atoms with Crippen molar-refractivity contribution in [3.8, 4) is 17.3 Å². The highest BCUT2D eigenvalue weighted by atomic mass is 35.5. The molecule has 0 saturated carbocycles. The number of aliphatic hydroxyl groups is 1. The molecule has 3 aliphatic heterocycles. The molecular formula is C23H24ClN3O5S. The first kappa shape index (κ1) is 21.5. The molecule has 0 bridgehead atoms. The molecule has 3 aromatic rings. The van der Waals surface area contributed by atoms with E-state index in [-0.39, 0.29) is 24.9 Å². The highest BCUT2D eigenvalue weighted by Gasteiger charge is 2.48. The van der Waals surface area contributed by atoms with E-state index in [2.05, 4.69) is 27.1 Å². The van der Waals surface area contributed by atoms with E-state index < -0.39 is 16.9 Å². The molecule has 174 valence electrons. The summed E-state index contributed by atoms with van der Waals surface area (Å²) in [5, 5.41) is 10.4. The molecule has 4 unspecified atom stereocenters. The zero-order valence-corrected chi connectivity index (χ0v) is 19.3. The van der Waals surface area contributed by atoms with Gasteiger partial charge in [0.05, 0.1) is 29.4 Å². The topological polar surface area (TPSA) is 107 Å². The number of aromatic amines is 1. The molecule has 2 N–H and O–H groups in total. The van der Waals surface area contributed by atoms with Crippen LogP contribution in [-0.2, 0) is 20.3 Å². The van der Waals surface area contributed by atoms with Gasteiger partial charge in [-0.1, -0.05) is 35.9 Å². The Morgan fingerprint density at radius 2 is 1.85 bits per heavy atom. The van der Waals surface area contributed by atoms with E-state index in [1.165, 1.54) is 5.56 Å². The molecule has 3 fully saturated rings. The monoisotopic (exact) mass is 489 g/mol. The van der Waals surface area contributed by atoms with Gasteiger partial charge in [-0.25, -0.2) is 4.98 Å². The van der Waals surface area contributed by atoms with E-state index in [1.54, 1.807) is 6.07 Å². The van der Waals surface area contributed by atoms with Crippen molar-refractivity contribution in [3.05, 3.63) is 40.9 Å². The fourth-order valence-corrected chi connectivity index (χ4v) is 6.44. The Bertz CT molecular complexity index is 1190. The number of pyridine rings is 1. The lowest BCUT2D eigenvalue weighted by atomic mass is 9.92. The highest BCUT2D eigenvalue weighted by Crippen LogP contribution is 2.34. The SMILES string of the molecule is O=S1CCC(c2ccc(-c3nc4nc(OC5COC6C(O)COC56)[nH]c4cc3Cl)cc2)CC1. The van der Waals surface area contributed by atoms with Gasteiger partial charge in [-0.15, -0.1) is 0 Å². The van der Waals surface area contributed by atoms with Crippen LogP contribution in [0.5, 0.6) is 6.01 Å². The molecule has 0 aliphatic carbocycles. The normalized spacial score (nSPS) is 31.7. The van der Waals surface area contributed by atoms with Crippen LogP contribution in [0.1, 0.15) is 24.3 Å². The number of nitrogens with one attached hydrogen (secondary N) is 1. The van der Waals surface area contributed by atoms with Crippen LogP contribution in [-0.4, -0.2) is 73.4 Å². The van der Waals surface area contributed by atoms with Crippen molar-refractivity contribution in [2.45, 2.75) is 43.2 Å². The summed E-state index contributed by atoms with van der Waals surface area (Å²) in [5.41, 5.74) is 4.01. The summed E-state index contributed by atoms with van der Waals surface area (Å²) in [6, 6.07) is 10.4. The van der Waals surface area contributed by atoms with Crippen molar-refractivity contribution in [1.29, 1.82) is 0 Å². The minimum atomic E-state index is -0.661. The van der Waals surface area contributed by atoms with Crippen LogP contribution >= 0.6 is 11.6 Å². The average Bonchev–Trinajstić information content (AvgIpc) is 3.51. The van der Waals surface area contributed by atoms with Gasteiger partial charge in [-0.05, 0) is 30.4 Å². The number of fused-ring (bicyclic) bond motifs is 2. The first-order chi connectivity index (χ1) is 16.0. The number of benzene rings is 1. The van der Waals surface area contributed by atoms with Crippen molar-refractivity contribution in [3.63, 3.8) is 0 Å². The maximum Gasteiger partial charge on any atom is 0.296 e. The van der Waals surface area contributed by atoms with Gasteiger partial charge in [0.15, 0.2) is 11.8 Å². The fraction of sp³-hybridized carbons (Fsp3) is 0.478. The Morgan fingerprint density at radius 1 is 1.09 bits per heavy atom. The summed E-state index contributed by atoms with van der Waals surface area (Å²) in [6.07, 6.45) is 0.262. The van der Waals surface area contributed by atoms with Gasteiger partial charge in [-0.2, -0.15) is 4.98 Å². The lowest BCUT2D eigenvalue weighted by Gasteiger charge is -2.21. The molecule has 0 amide bonds. The Hall–Kier alpha value is -2.04. The van der Waals surface area contributed by atoms with Crippen LogP contribution in [0.25, 0.3) is 22.4 Å². The number of ether oxygens (including phenoxy) is 3. The zero-order chi connectivity index (χ0) is 22.5. The number of halogens is 1. The van der Waals surface area contributed by atoms with E-state index in [1.807, 2.05) is 12.1 Å². The van der Waals surface area contributed by atoms with Gasteiger partial charge in [0.25, 0.3) is 6.01 Å². The third-order valence-corrected chi connectivity index (χ3v) is 8.36. The van der Waals surface area contributed by atoms with Crippen LogP contribution in [0.4, 0.5) is 0 Å². The molecule has 0 spiro atoms. The van der Waals surface area contributed by atoms with Gasteiger partial charge in [0.1, 0.15) is 18.3 Å². The predicted molar refractivity (Wildman–Crippen MR) is 124 cm³/mol. The number of imidazole rings is 1. The number of nitrogens with zero attached hydrogens (tertiary/aromatic N) is 2. The number of hydrogen-bond acceptors (Lipinski definition) is 7. The van der Waals surface area contributed by atoms with Crippen LogP contribution in [0.15, 0.2) is 30.3 Å². The number of rotatable bonds is 4.